The normalized spacial score (nSPS) is 13.8. The highest BCUT2D eigenvalue weighted by atomic mass is 32.2. The monoisotopic (exact) mass is 531 g/mol. The number of nitrogens with one attached hydrogen (secondary N) is 1. The first-order valence-electron chi connectivity index (χ1n) is 12.3. The summed E-state index contributed by atoms with van der Waals surface area (Å²) in [6, 6.07) is 18.2. The van der Waals surface area contributed by atoms with Gasteiger partial charge in [0.1, 0.15) is 41.7 Å². The number of ether oxygens (including phenoxy) is 2. The molecule has 196 valence electrons. The number of methoxy groups -OCH3 is 1. The molecule has 3 aromatic carbocycles. The van der Waals surface area contributed by atoms with Gasteiger partial charge >= 0.3 is 0 Å². The second kappa shape index (κ2) is 10.5. The van der Waals surface area contributed by atoms with Crippen molar-refractivity contribution in [1.82, 2.24) is 0 Å². The fourth-order valence-corrected chi connectivity index (χ4v) is 5.34. The van der Waals surface area contributed by atoms with E-state index in [2.05, 4.69) is 44.3 Å². The van der Waals surface area contributed by atoms with Crippen LogP contribution in [-0.4, -0.2) is 12.6 Å². The summed E-state index contributed by atoms with van der Waals surface area (Å²) < 4.78 is 37.2. The first-order valence-corrected chi connectivity index (χ1v) is 13.1. The molecule has 1 aliphatic heterocycles. The molecule has 0 saturated heterocycles. The summed E-state index contributed by atoms with van der Waals surface area (Å²) in [5.41, 5.74) is 6.80. The highest BCUT2D eigenvalue weighted by Crippen LogP contribution is 2.44. The Morgan fingerprint density at radius 1 is 0.974 bits per heavy atom. The van der Waals surface area contributed by atoms with Crippen LogP contribution in [0.3, 0.4) is 0 Å². The largest absolute Gasteiger partial charge is 0.496 e. The number of anilines is 1. The Labute approximate surface area is 226 Å². The molecule has 1 aromatic heterocycles. The third-order valence-corrected chi connectivity index (χ3v) is 7.11. The minimum atomic E-state index is -0.329. The lowest BCUT2D eigenvalue weighted by Crippen LogP contribution is -2.32. The van der Waals surface area contributed by atoms with Crippen LogP contribution in [0.25, 0.3) is 16.7 Å². The molecule has 38 heavy (non-hydrogen) atoms. The summed E-state index contributed by atoms with van der Waals surface area (Å²) in [7, 11) is 1.64. The number of fused-ring (bicyclic) bond motifs is 1. The van der Waals surface area contributed by atoms with Gasteiger partial charge < -0.3 is 23.4 Å². The van der Waals surface area contributed by atoms with Gasteiger partial charge in [-0.15, -0.1) is 0 Å². The predicted octanol–water partition coefficient (Wildman–Crippen LogP) is 8.68. The first kappa shape index (κ1) is 25.8. The molecule has 0 radical (unpaired) electrons. The fraction of sp³-hybridized carbons (Fsp3) is 0.226. The van der Waals surface area contributed by atoms with Crippen molar-refractivity contribution in [1.29, 1.82) is 0 Å². The number of hydrogen-bond donors (Lipinski definition) is 1. The zero-order valence-corrected chi connectivity index (χ0v) is 22.9. The average molecular weight is 532 g/mol. The van der Waals surface area contributed by atoms with Crippen LogP contribution in [0.4, 0.5) is 10.1 Å². The van der Waals surface area contributed by atoms with E-state index in [1.54, 1.807) is 19.4 Å². The topological polar surface area (TPSA) is 52.9 Å². The third-order valence-electron chi connectivity index (χ3n) is 6.44. The number of benzene rings is 3. The third kappa shape index (κ3) is 5.38. The minimum Gasteiger partial charge on any atom is -0.496 e. The molecule has 0 amide bonds. The number of rotatable bonds is 8. The van der Waals surface area contributed by atoms with Crippen molar-refractivity contribution in [3.05, 3.63) is 95.5 Å². The van der Waals surface area contributed by atoms with Gasteiger partial charge in [0, 0.05) is 34.5 Å². The van der Waals surface area contributed by atoms with Crippen LogP contribution in [0, 0.1) is 12.7 Å². The molecular weight excluding hydrogens is 501 g/mol. The Hall–Kier alpha value is -3.84. The predicted molar refractivity (Wildman–Crippen MR) is 150 cm³/mol. The molecule has 4 aromatic rings. The lowest BCUT2D eigenvalue weighted by atomic mass is 9.85. The number of furan rings is 1. The molecule has 0 unspecified atom stereocenters. The second-order valence-corrected chi connectivity index (χ2v) is 10.6. The van der Waals surface area contributed by atoms with Crippen LogP contribution in [-0.2, 0) is 6.61 Å². The van der Waals surface area contributed by atoms with E-state index < -0.39 is 0 Å². The number of halogens is 1. The minimum absolute atomic E-state index is 0.182. The second-order valence-electron chi connectivity index (χ2n) is 9.85. The zero-order chi connectivity index (χ0) is 26.9. The zero-order valence-electron chi connectivity index (χ0n) is 22.1. The molecule has 0 aliphatic carbocycles. The van der Waals surface area contributed by atoms with Crippen LogP contribution >= 0.6 is 12.0 Å². The molecule has 0 saturated carbocycles. The molecule has 5 rings (SSSR count). The molecule has 0 bridgehead atoms. The summed E-state index contributed by atoms with van der Waals surface area (Å²) in [4.78, 5) is 0. The first-order chi connectivity index (χ1) is 18.2. The van der Waals surface area contributed by atoms with Crippen molar-refractivity contribution in [3.63, 3.8) is 0 Å². The van der Waals surface area contributed by atoms with E-state index in [4.69, 9.17) is 18.1 Å². The maximum absolute atomic E-state index is 14.0. The molecule has 5 nitrogen and oxygen atoms in total. The van der Waals surface area contributed by atoms with Crippen molar-refractivity contribution >= 4 is 23.3 Å². The van der Waals surface area contributed by atoms with Crippen LogP contribution in [0.5, 0.6) is 17.2 Å². The van der Waals surface area contributed by atoms with Gasteiger partial charge in [-0.05, 0) is 80.8 Å². The van der Waals surface area contributed by atoms with Crippen molar-refractivity contribution < 1.29 is 22.5 Å². The highest BCUT2D eigenvalue weighted by molar-refractivity contribution is 7.94. The van der Waals surface area contributed by atoms with Crippen molar-refractivity contribution in [2.45, 2.75) is 44.9 Å². The Morgan fingerprint density at radius 3 is 2.55 bits per heavy atom. The van der Waals surface area contributed by atoms with Gasteiger partial charge in [0.2, 0.25) is 0 Å². The quantitative estimate of drug-likeness (QED) is 0.230. The molecule has 2 heterocycles. The Morgan fingerprint density at radius 2 is 1.79 bits per heavy atom. The van der Waals surface area contributed by atoms with Crippen LogP contribution in [0.1, 0.15) is 37.5 Å². The standard InChI is InChI=1S/C31H30FNO4S/c1-19-8-9-21(32)15-27(19)36-18-25-23(12-13-26-30(25)20(2)17-31(3,4)33-26)24-11-10-22(16-28(24)34-5)37-38-29-7-6-14-35-29/h6-17,33H,18H2,1-5H3. The van der Waals surface area contributed by atoms with Crippen LogP contribution in [0.2, 0.25) is 0 Å². The summed E-state index contributed by atoms with van der Waals surface area (Å²) in [6.07, 6.45) is 3.82. The van der Waals surface area contributed by atoms with E-state index in [0.29, 0.717) is 22.3 Å². The van der Waals surface area contributed by atoms with E-state index in [-0.39, 0.29) is 18.0 Å². The maximum atomic E-state index is 14.0. The molecule has 1 aliphatic rings. The molecule has 7 heteroatoms. The van der Waals surface area contributed by atoms with Crippen LogP contribution in [0.15, 0.2) is 82.5 Å². The van der Waals surface area contributed by atoms with Gasteiger partial charge in [0.25, 0.3) is 0 Å². The van der Waals surface area contributed by atoms with Gasteiger partial charge in [0.05, 0.1) is 18.9 Å². The summed E-state index contributed by atoms with van der Waals surface area (Å²) >= 11 is 1.14. The Kier molecular flexibility index (Phi) is 7.13. The Bertz CT molecular complexity index is 1490. The average Bonchev–Trinajstić information content (AvgIpc) is 3.40. The van der Waals surface area contributed by atoms with Gasteiger partial charge in [-0.2, -0.15) is 0 Å². The highest BCUT2D eigenvalue weighted by Gasteiger charge is 2.27. The van der Waals surface area contributed by atoms with Crippen molar-refractivity contribution in [2.24, 2.45) is 0 Å². The van der Waals surface area contributed by atoms with Gasteiger partial charge in [0.15, 0.2) is 5.09 Å². The smallest absolute Gasteiger partial charge is 0.199 e. The maximum Gasteiger partial charge on any atom is 0.199 e. The summed E-state index contributed by atoms with van der Waals surface area (Å²) in [6.45, 7) is 8.56. The van der Waals surface area contributed by atoms with Gasteiger partial charge in [-0.3, -0.25) is 0 Å². The SMILES string of the molecule is COc1cc(OSc2ccco2)ccc1-c1ccc2c(c1COc1cc(F)ccc1C)C(C)=CC(C)(C)N2. The molecule has 0 fully saturated rings. The van der Waals surface area contributed by atoms with E-state index in [9.17, 15) is 4.39 Å². The van der Waals surface area contributed by atoms with E-state index in [0.717, 1.165) is 51.1 Å². The lowest BCUT2D eigenvalue weighted by Gasteiger charge is -2.33. The van der Waals surface area contributed by atoms with Crippen molar-refractivity contribution in [2.75, 3.05) is 12.4 Å². The van der Waals surface area contributed by atoms with E-state index in [1.807, 2.05) is 37.3 Å². The van der Waals surface area contributed by atoms with Gasteiger partial charge in [-0.1, -0.05) is 18.2 Å². The van der Waals surface area contributed by atoms with Crippen molar-refractivity contribution in [3.8, 4) is 28.4 Å². The summed E-state index contributed by atoms with van der Waals surface area (Å²) in [5.74, 6) is 1.49. The molecule has 1 N–H and O–H groups in total. The molecular formula is C31H30FNO4S. The van der Waals surface area contributed by atoms with Crippen LogP contribution < -0.4 is 19.0 Å². The van der Waals surface area contributed by atoms with E-state index in [1.165, 1.54) is 12.1 Å². The number of hydrogen-bond acceptors (Lipinski definition) is 6. The van der Waals surface area contributed by atoms with E-state index >= 15 is 0 Å². The number of aryl methyl sites for hydroxylation is 1. The van der Waals surface area contributed by atoms with Gasteiger partial charge in [-0.25, -0.2) is 4.39 Å². The fourth-order valence-electron chi connectivity index (χ4n) is 4.83. The molecule has 0 spiro atoms. The molecule has 0 atom stereocenters. The summed E-state index contributed by atoms with van der Waals surface area (Å²) in [5, 5.41) is 4.28. The number of allylic oxidation sites excluding steroid dienone is 1. The Balaban J connectivity index is 1.56. The lowest BCUT2D eigenvalue weighted by molar-refractivity contribution is 0.302.